The molecule has 0 aromatic rings. The first-order valence-electron chi connectivity index (χ1n) is 2.64. The maximum atomic E-state index is 10.5. The second-order valence-electron chi connectivity index (χ2n) is 1.62. The minimum atomic E-state index is -0.340. The summed E-state index contributed by atoms with van der Waals surface area (Å²) >= 11 is 0. The topological polar surface area (TPSA) is 43.1 Å². The lowest BCUT2D eigenvalue weighted by atomic mass is 10.1. The molecule has 0 rings (SSSR count). The van der Waals surface area contributed by atoms with Crippen molar-refractivity contribution in [3.63, 3.8) is 0 Å². The summed E-state index contributed by atoms with van der Waals surface area (Å²) in [5, 5.41) is 0. The van der Waals surface area contributed by atoms with Gasteiger partial charge in [-0.3, -0.25) is 4.79 Å². The summed E-state index contributed by atoms with van der Waals surface area (Å²) in [6.45, 7) is 5.17. The summed E-state index contributed by atoms with van der Waals surface area (Å²) in [6.07, 6.45) is 1.94. The van der Waals surface area contributed by atoms with Crippen LogP contribution in [0.3, 0.4) is 0 Å². The van der Waals surface area contributed by atoms with E-state index in [1.165, 1.54) is 6.08 Å². The molecule has 0 aliphatic rings. The van der Waals surface area contributed by atoms with Gasteiger partial charge in [0.05, 0.1) is 6.04 Å². The zero-order chi connectivity index (χ0) is 6.57. The Kier molecular flexibility index (Phi) is 7.37. The first kappa shape index (κ1) is 11.5. The van der Waals surface area contributed by atoms with Crippen molar-refractivity contribution in [1.29, 1.82) is 0 Å². The van der Waals surface area contributed by atoms with Crippen LogP contribution in [0.2, 0.25) is 0 Å². The van der Waals surface area contributed by atoms with Crippen molar-refractivity contribution >= 4 is 18.2 Å². The fourth-order valence-electron chi connectivity index (χ4n) is 0.353. The highest BCUT2D eigenvalue weighted by Crippen LogP contribution is 1.87. The number of carbonyl (C=O) groups excluding carboxylic acids is 1. The molecule has 0 bridgehead atoms. The van der Waals surface area contributed by atoms with Gasteiger partial charge in [-0.05, 0) is 12.5 Å². The van der Waals surface area contributed by atoms with Gasteiger partial charge in [0.25, 0.3) is 0 Å². The molecule has 0 saturated heterocycles. The van der Waals surface area contributed by atoms with Gasteiger partial charge in [0.1, 0.15) is 0 Å². The van der Waals surface area contributed by atoms with Gasteiger partial charge < -0.3 is 5.73 Å². The summed E-state index contributed by atoms with van der Waals surface area (Å²) < 4.78 is 0. The maximum absolute atomic E-state index is 10.5. The van der Waals surface area contributed by atoms with E-state index < -0.39 is 0 Å². The van der Waals surface area contributed by atoms with Gasteiger partial charge in [-0.15, -0.1) is 12.4 Å². The average molecular weight is 150 g/mol. The van der Waals surface area contributed by atoms with Gasteiger partial charge in [-0.1, -0.05) is 13.5 Å². The van der Waals surface area contributed by atoms with Crippen LogP contribution in [-0.2, 0) is 4.79 Å². The number of rotatable bonds is 3. The predicted molar refractivity (Wildman–Crippen MR) is 40.7 cm³/mol. The van der Waals surface area contributed by atoms with E-state index in [-0.39, 0.29) is 24.2 Å². The van der Waals surface area contributed by atoms with Crippen LogP contribution in [0.25, 0.3) is 0 Å². The number of nitrogens with two attached hydrogens (primary N) is 1. The first-order valence-corrected chi connectivity index (χ1v) is 2.64. The van der Waals surface area contributed by atoms with Crippen molar-refractivity contribution in [2.24, 2.45) is 5.73 Å². The van der Waals surface area contributed by atoms with Crippen LogP contribution < -0.4 is 5.73 Å². The Morgan fingerprint density at radius 3 is 2.44 bits per heavy atom. The summed E-state index contributed by atoms with van der Waals surface area (Å²) in [7, 11) is 0. The van der Waals surface area contributed by atoms with E-state index in [4.69, 9.17) is 5.73 Å². The van der Waals surface area contributed by atoms with Crippen molar-refractivity contribution < 1.29 is 4.79 Å². The van der Waals surface area contributed by atoms with Crippen LogP contribution in [0.1, 0.15) is 13.3 Å². The number of halogens is 1. The molecule has 1 unspecified atom stereocenters. The van der Waals surface area contributed by atoms with Crippen molar-refractivity contribution in [1.82, 2.24) is 0 Å². The van der Waals surface area contributed by atoms with E-state index in [2.05, 4.69) is 6.58 Å². The second-order valence-corrected chi connectivity index (χ2v) is 1.62. The monoisotopic (exact) mass is 149 g/mol. The van der Waals surface area contributed by atoms with Crippen LogP contribution in [0.5, 0.6) is 0 Å². The number of hydrogen-bond acceptors (Lipinski definition) is 2. The fourth-order valence-corrected chi connectivity index (χ4v) is 0.353. The van der Waals surface area contributed by atoms with E-state index >= 15 is 0 Å². The lowest BCUT2D eigenvalue weighted by Crippen LogP contribution is -2.27. The van der Waals surface area contributed by atoms with Crippen molar-refractivity contribution in [2.45, 2.75) is 19.4 Å². The summed E-state index contributed by atoms with van der Waals surface area (Å²) in [6, 6.07) is -0.340. The SMILES string of the molecule is C=CC(=O)C(N)CC.Cl. The van der Waals surface area contributed by atoms with Gasteiger partial charge in [0, 0.05) is 0 Å². The maximum Gasteiger partial charge on any atom is 0.171 e. The molecule has 0 spiro atoms. The van der Waals surface area contributed by atoms with Gasteiger partial charge >= 0.3 is 0 Å². The Morgan fingerprint density at radius 1 is 1.89 bits per heavy atom. The molecule has 0 aliphatic carbocycles. The Bertz CT molecular complexity index is 103. The second kappa shape index (κ2) is 5.79. The predicted octanol–water partition coefficient (Wildman–Crippen LogP) is 0.901. The molecule has 0 aromatic heterocycles. The highest BCUT2D eigenvalue weighted by molar-refractivity contribution is 5.93. The van der Waals surface area contributed by atoms with Crippen LogP contribution in [-0.4, -0.2) is 11.8 Å². The molecule has 2 nitrogen and oxygen atoms in total. The molecule has 0 heterocycles. The van der Waals surface area contributed by atoms with Crippen LogP contribution in [0, 0.1) is 0 Å². The molecule has 3 heteroatoms. The Labute approximate surface area is 61.5 Å². The van der Waals surface area contributed by atoms with Crippen LogP contribution >= 0.6 is 12.4 Å². The minimum absolute atomic E-state index is 0. The van der Waals surface area contributed by atoms with E-state index in [0.29, 0.717) is 6.42 Å². The van der Waals surface area contributed by atoms with Crippen molar-refractivity contribution in [2.75, 3.05) is 0 Å². The van der Waals surface area contributed by atoms with Crippen LogP contribution in [0.15, 0.2) is 12.7 Å². The fraction of sp³-hybridized carbons (Fsp3) is 0.500. The van der Waals surface area contributed by atoms with E-state index in [0.717, 1.165) is 0 Å². The quantitative estimate of drug-likeness (QED) is 0.606. The molecule has 54 valence electrons. The minimum Gasteiger partial charge on any atom is -0.321 e. The van der Waals surface area contributed by atoms with E-state index in [1.54, 1.807) is 0 Å². The molecule has 1 atom stereocenters. The molecule has 2 N–H and O–H groups in total. The molecular formula is C6H12ClNO. The van der Waals surface area contributed by atoms with E-state index in [9.17, 15) is 4.79 Å². The van der Waals surface area contributed by atoms with Crippen molar-refractivity contribution in [3.05, 3.63) is 12.7 Å². The van der Waals surface area contributed by atoms with Gasteiger partial charge in [-0.2, -0.15) is 0 Å². The highest BCUT2D eigenvalue weighted by Gasteiger charge is 2.04. The van der Waals surface area contributed by atoms with Gasteiger partial charge in [0.15, 0.2) is 5.78 Å². The molecule has 0 aromatic carbocycles. The third-order valence-corrected chi connectivity index (χ3v) is 1.01. The molecule has 0 saturated carbocycles. The third-order valence-electron chi connectivity index (χ3n) is 1.01. The Morgan fingerprint density at radius 2 is 2.33 bits per heavy atom. The third kappa shape index (κ3) is 4.18. The van der Waals surface area contributed by atoms with Gasteiger partial charge in [-0.25, -0.2) is 0 Å². The largest absolute Gasteiger partial charge is 0.321 e. The normalized spacial score (nSPS) is 11.3. The zero-order valence-electron chi connectivity index (χ0n) is 5.46. The standard InChI is InChI=1S/C6H11NO.ClH/c1-3-5(7)6(8)4-2;/h4-5H,2-3,7H2,1H3;1H. The van der Waals surface area contributed by atoms with E-state index in [1.807, 2.05) is 6.92 Å². The number of carbonyl (C=O) groups is 1. The molecule has 0 radical (unpaired) electrons. The molecule has 0 fully saturated rings. The number of ketones is 1. The first-order chi connectivity index (χ1) is 3.72. The van der Waals surface area contributed by atoms with Crippen molar-refractivity contribution in [3.8, 4) is 0 Å². The lowest BCUT2D eigenvalue weighted by molar-refractivity contribution is -0.115. The molecular weight excluding hydrogens is 138 g/mol. The number of hydrogen-bond donors (Lipinski definition) is 1. The molecule has 9 heavy (non-hydrogen) atoms. The Balaban J connectivity index is 0. The summed E-state index contributed by atoms with van der Waals surface area (Å²) in [5.41, 5.74) is 5.31. The zero-order valence-corrected chi connectivity index (χ0v) is 6.28. The average Bonchev–Trinajstić information content (AvgIpc) is 1.84. The van der Waals surface area contributed by atoms with Crippen LogP contribution in [0.4, 0.5) is 0 Å². The summed E-state index contributed by atoms with van der Waals surface area (Å²) in [4.78, 5) is 10.5. The smallest absolute Gasteiger partial charge is 0.171 e. The molecule has 0 aliphatic heterocycles. The highest BCUT2D eigenvalue weighted by atomic mass is 35.5. The summed E-state index contributed by atoms with van der Waals surface area (Å²) in [5.74, 6) is -0.0764. The van der Waals surface area contributed by atoms with Gasteiger partial charge in [0.2, 0.25) is 0 Å². The molecule has 0 amide bonds. The Hall–Kier alpha value is -0.340. The lowest BCUT2D eigenvalue weighted by Gasteiger charge is -2.00.